The summed E-state index contributed by atoms with van der Waals surface area (Å²) in [6, 6.07) is 11.1. The summed E-state index contributed by atoms with van der Waals surface area (Å²) in [6.07, 6.45) is 3.26. The molecule has 0 radical (unpaired) electrons. The maximum atomic E-state index is 13.3. The lowest BCUT2D eigenvalue weighted by molar-refractivity contribution is -0.126. The lowest BCUT2D eigenvalue weighted by atomic mass is 9.93. The molecule has 0 fully saturated rings. The Kier molecular flexibility index (Phi) is 5.01. The second-order valence-corrected chi connectivity index (χ2v) is 7.70. The Morgan fingerprint density at radius 3 is 2.62 bits per heavy atom. The van der Waals surface area contributed by atoms with Crippen LogP contribution in [0.15, 0.2) is 71.0 Å². The first kappa shape index (κ1) is 19.1. The third-order valence-electron chi connectivity index (χ3n) is 5.47. The topological polar surface area (TPSA) is 65.8 Å². The predicted molar refractivity (Wildman–Crippen MR) is 110 cm³/mol. The normalized spacial score (nSPS) is 19.1. The van der Waals surface area contributed by atoms with E-state index >= 15 is 0 Å². The van der Waals surface area contributed by atoms with Gasteiger partial charge < -0.3 is 14.6 Å². The van der Waals surface area contributed by atoms with E-state index in [1.165, 1.54) is 5.56 Å². The van der Waals surface area contributed by atoms with Crippen molar-refractivity contribution in [2.75, 3.05) is 13.1 Å². The first-order valence-electron chi connectivity index (χ1n) is 9.83. The van der Waals surface area contributed by atoms with Crippen molar-refractivity contribution in [2.24, 2.45) is 0 Å². The van der Waals surface area contributed by atoms with E-state index in [0.29, 0.717) is 36.9 Å². The van der Waals surface area contributed by atoms with Crippen LogP contribution in [0, 0.1) is 0 Å². The van der Waals surface area contributed by atoms with Crippen molar-refractivity contribution in [1.29, 1.82) is 0 Å². The second-order valence-electron chi connectivity index (χ2n) is 7.70. The van der Waals surface area contributed by atoms with Crippen LogP contribution in [0.3, 0.4) is 0 Å². The van der Waals surface area contributed by atoms with Gasteiger partial charge in [0.25, 0.3) is 5.91 Å². The fraction of sp³-hybridized carbons (Fsp3) is 0.304. The standard InChI is InChI=1S/C23H25N3O3/c1-4-11-26-19-14-25(13-18-6-5-12-29-18)22(27)20(19)21(24-23(26)28)17-9-7-16(8-10-17)15(2)3/h4-10,12,15,21H,1,11,13-14H2,2-3H3,(H,24,28). The quantitative estimate of drug-likeness (QED) is 0.758. The molecule has 0 saturated heterocycles. The minimum atomic E-state index is -0.464. The lowest BCUT2D eigenvalue weighted by Crippen LogP contribution is -2.47. The van der Waals surface area contributed by atoms with Gasteiger partial charge in [0.15, 0.2) is 0 Å². The predicted octanol–water partition coefficient (Wildman–Crippen LogP) is 3.95. The van der Waals surface area contributed by atoms with E-state index in [0.717, 1.165) is 11.3 Å². The van der Waals surface area contributed by atoms with E-state index in [-0.39, 0.29) is 11.9 Å². The van der Waals surface area contributed by atoms with E-state index in [9.17, 15) is 9.59 Å². The summed E-state index contributed by atoms with van der Waals surface area (Å²) >= 11 is 0. The minimum Gasteiger partial charge on any atom is -0.467 e. The molecule has 3 amide bonds. The Labute approximate surface area is 170 Å². The van der Waals surface area contributed by atoms with Gasteiger partial charge in [-0.1, -0.05) is 44.2 Å². The molecule has 1 aromatic carbocycles. The molecule has 2 aromatic rings. The maximum Gasteiger partial charge on any atom is 0.322 e. The van der Waals surface area contributed by atoms with Crippen LogP contribution < -0.4 is 5.32 Å². The van der Waals surface area contributed by atoms with E-state index in [4.69, 9.17) is 4.42 Å². The van der Waals surface area contributed by atoms with Crippen LogP contribution in [0.25, 0.3) is 0 Å². The number of benzene rings is 1. The average molecular weight is 391 g/mol. The molecule has 1 aromatic heterocycles. The summed E-state index contributed by atoms with van der Waals surface area (Å²) in [5.74, 6) is 1.05. The van der Waals surface area contributed by atoms with Crippen molar-refractivity contribution in [3.63, 3.8) is 0 Å². The third-order valence-corrected chi connectivity index (χ3v) is 5.47. The smallest absolute Gasteiger partial charge is 0.322 e. The van der Waals surface area contributed by atoms with Crippen LogP contribution in [0.4, 0.5) is 4.79 Å². The van der Waals surface area contributed by atoms with Gasteiger partial charge in [-0.15, -0.1) is 6.58 Å². The maximum absolute atomic E-state index is 13.3. The molecule has 29 heavy (non-hydrogen) atoms. The number of furan rings is 1. The number of rotatable bonds is 6. The van der Waals surface area contributed by atoms with Crippen molar-refractivity contribution in [3.05, 3.63) is 83.5 Å². The Morgan fingerprint density at radius 1 is 1.24 bits per heavy atom. The van der Waals surface area contributed by atoms with Crippen molar-refractivity contribution >= 4 is 11.9 Å². The molecule has 0 bridgehead atoms. The Hall–Kier alpha value is -3.28. The summed E-state index contributed by atoms with van der Waals surface area (Å²) in [7, 11) is 0. The number of amides is 3. The van der Waals surface area contributed by atoms with Gasteiger partial charge in [0, 0.05) is 6.54 Å². The molecule has 150 valence electrons. The van der Waals surface area contributed by atoms with E-state index < -0.39 is 6.04 Å². The van der Waals surface area contributed by atoms with Crippen LogP contribution in [-0.2, 0) is 11.3 Å². The zero-order valence-electron chi connectivity index (χ0n) is 16.7. The highest BCUT2D eigenvalue weighted by Crippen LogP contribution is 2.37. The summed E-state index contributed by atoms with van der Waals surface area (Å²) in [5.41, 5.74) is 3.48. The molecular weight excluding hydrogens is 366 g/mol. The molecule has 0 spiro atoms. The highest BCUT2D eigenvalue weighted by atomic mass is 16.3. The molecule has 0 saturated carbocycles. The highest BCUT2D eigenvalue weighted by Gasteiger charge is 2.43. The van der Waals surface area contributed by atoms with E-state index in [1.807, 2.05) is 18.2 Å². The zero-order valence-corrected chi connectivity index (χ0v) is 16.7. The van der Waals surface area contributed by atoms with Gasteiger partial charge >= 0.3 is 6.03 Å². The number of hydrogen-bond donors (Lipinski definition) is 1. The van der Waals surface area contributed by atoms with Crippen LogP contribution >= 0.6 is 0 Å². The SMILES string of the molecule is C=CCN1C(=O)NC(c2ccc(C(C)C)cc2)C2=C1CN(Cc1ccco1)C2=O. The van der Waals surface area contributed by atoms with Gasteiger partial charge in [-0.3, -0.25) is 9.69 Å². The number of nitrogens with one attached hydrogen (secondary N) is 1. The van der Waals surface area contributed by atoms with Gasteiger partial charge in [0.05, 0.1) is 36.7 Å². The van der Waals surface area contributed by atoms with Gasteiger partial charge in [0.2, 0.25) is 0 Å². The van der Waals surface area contributed by atoms with E-state index in [2.05, 4.69) is 37.9 Å². The largest absolute Gasteiger partial charge is 0.467 e. The number of hydrogen-bond acceptors (Lipinski definition) is 3. The molecule has 4 rings (SSSR count). The van der Waals surface area contributed by atoms with Gasteiger partial charge in [-0.25, -0.2) is 4.79 Å². The highest BCUT2D eigenvalue weighted by molar-refractivity contribution is 6.01. The summed E-state index contributed by atoms with van der Waals surface area (Å²) in [4.78, 5) is 29.4. The summed E-state index contributed by atoms with van der Waals surface area (Å²) in [6.45, 7) is 9.12. The number of nitrogens with zero attached hydrogens (tertiary/aromatic N) is 2. The Balaban J connectivity index is 1.70. The first-order chi connectivity index (χ1) is 14.0. The Morgan fingerprint density at radius 2 is 2.00 bits per heavy atom. The van der Waals surface area contributed by atoms with Gasteiger partial charge in [-0.05, 0) is 29.2 Å². The molecule has 6 heteroatoms. The van der Waals surface area contributed by atoms with Crippen molar-refractivity contribution in [1.82, 2.24) is 15.1 Å². The third kappa shape index (κ3) is 3.46. The molecule has 1 N–H and O–H groups in total. The van der Waals surface area contributed by atoms with Crippen LogP contribution in [-0.4, -0.2) is 34.8 Å². The summed E-state index contributed by atoms with van der Waals surface area (Å²) < 4.78 is 5.41. The van der Waals surface area contributed by atoms with Crippen LogP contribution in [0.5, 0.6) is 0 Å². The Bertz CT molecular complexity index is 958. The average Bonchev–Trinajstić information content (AvgIpc) is 3.33. The number of carbonyl (C=O) groups is 2. The van der Waals surface area contributed by atoms with E-state index in [1.54, 1.807) is 28.2 Å². The molecule has 3 heterocycles. The van der Waals surface area contributed by atoms with Crippen molar-refractivity contribution < 1.29 is 14.0 Å². The monoisotopic (exact) mass is 391 g/mol. The lowest BCUT2D eigenvalue weighted by Gasteiger charge is -2.33. The fourth-order valence-corrected chi connectivity index (χ4v) is 3.91. The summed E-state index contributed by atoms with van der Waals surface area (Å²) in [5, 5.41) is 3.01. The molecule has 1 atom stereocenters. The first-order valence-corrected chi connectivity index (χ1v) is 9.83. The fourth-order valence-electron chi connectivity index (χ4n) is 3.91. The molecular formula is C23H25N3O3. The molecule has 0 aliphatic carbocycles. The van der Waals surface area contributed by atoms with Gasteiger partial charge in [-0.2, -0.15) is 0 Å². The molecule has 6 nitrogen and oxygen atoms in total. The van der Waals surface area contributed by atoms with Crippen molar-refractivity contribution in [2.45, 2.75) is 32.4 Å². The van der Waals surface area contributed by atoms with Crippen LogP contribution in [0.2, 0.25) is 0 Å². The molecule has 2 aliphatic rings. The second kappa shape index (κ2) is 7.62. The number of carbonyl (C=O) groups excluding carboxylic acids is 2. The molecule has 1 unspecified atom stereocenters. The number of urea groups is 1. The molecule has 2 aliphatic heterocycles. The zero-order chi connectivity index (χ0) is 20.5. The van der Waals surface area contributed by atoms with Gasteiger partial charge in [0.1, 0.15) is 5.76 Å². The van der Waals surface area contributed by atoms with Crippen LogP contribution in [0.1, 0.15) is 42.7 Å². The van der Waals surface area contributed by atoms with Crippen molar-refractivity contribution in [3.8, 4) is 0 Å². The minimum absolute atomic E-state index is 0.0802.